The summed E-state index contributed by atoms with van der Waals surface area (Å²) in [6.45, 7) is 3.56. The highest BCUT2D eigenvalue weighted by atomic mass is 16.5. The molecule has 3 heterocycles. The summed E-state index contributed by atoms with van der Waals surface area (Å²) >= 11 is 0. The Balaban J connectivity index is 1.66. The van der Waals surface area contributed by atoms with Gasteiger partial charge in [-0.2, -0.15) is 4.98 Å². The van der Waals surface area contributed by atoms with Gasteiger partial charge in [0.15, 0.2) is 17.0 Å². The number of hydrogen-bond donors (Lipinski definition) is 2. The summed E-state index contributed by atoms with van der Waals surface area (Å²) in [5.41, 5.74) is 3.28. The number of aliphatic hydroxyl groups excluding tert-OH is 1. The number of rotatable bonds is 8. The van der Waals surface area contributed by atoms with E-state index < -0.39 is 0 Å². The number of aliphatic hydroxyl groups is 1. The Kier molecular flexibility index (Phi) is 6.56. The van der Waals surface area contributed by atoms with E-state index in [4.69, 9.17) is 14.5 Å². The fraction of sp³-hybridized carbons (Fsp3) is 0.409. The van der Waals surface area contributed by atoms with Gasteiger partial charge < -0.3 is 19.9 Å². The number of imidazole rings is 1. The molecule has 0 radical (unpaired) electrons. The third kappa shape index (κ3) is 4.60. The second-order valence-electron chi connectivity index (χ2n) is 7.34. The van der Waals surface area contributed by atoms with Crippen LogP contribution < -0.4 is 10.1 Å². The van der Waals surface area contributed by atoms with Crippen molar-refractivity contribution in [2.75, 3.05) is 25.1 Å². The fourth-order valence-electron chi connectivity index (χ4n) is 3.42. The lowest BCUT2D eigenvalue weighted by atomic mass is 10.2. The van der Waals surface area contributed by atoms with E-state index in [2.05, 4.69) is 15.3 Å². The summed E-state index contributed by atoms with van der Waals surface area (Å²) in [5, 5.41) is 12.4. The van der Waals surface area contributed by atoms with Crippen molar-refractivity contribution < 1.29 is 14.6 Å². The van der Waals surface area contributed by atoms with E-state index in [1.54, 1.807) is 0 Å². The molecule has 8 heteroatoms. The molecule has 158 valence electrons. The standard InChI is InChI=1S/C22H27N5O3/c1-16(13-28)10-11-23-20-19-21(25-15-24-20)27(18-9-5-6-12-29-18)22(26-19)30-14-17-7-3-2-4-8-17/h2-4,7-8,10,15,18,28H,5-6,9,11-14H2,1H3,(H,23,24,25)/b16-10+. The van der Waals surface area contributed by atoms with Gasteiger partial charge in [0.05, 0.1) is 6.61 Å². The highest BCUT2D eigenvalue weighted by Crippen LogP contribution is 2.33. The SMILES string of the molecule is C/C(=C\CNc1ncnc2c1nc(OCc1ccccc1)n2C1CCCCO1)CO. The summed E-state index contributed by atoms with van der Waals surface area (Å²) in [6.07, 6.45) is 6.31. The maximum absolute atomic E-state index is 9.17. The molecule has 0 amide bonds. The van der Waals surface area contributed by atoms with Crippen LogP contribution in [0, 0.1) is 0 Å². The lowest BCUT2D eigenvalue weighted by Gasteiger charge is -2.25. The first-order valence-electron chi connectivity index (χ1n) is 10.3. The van der Waals surface area contributed by atoms with Gasteiger partial charge >= 0.3 is 6.01 Å². The number of nitrogens with one attached hydrogen (secondary N) is 1. The molecule has 0 saturated carbocycles. The van der Waals surface area contributed by atoms with Gasteiger partial charge in [-0.05, 0) is 31.7 Å². The normalized spacial score (nSPS) is 17.3. The smallest absolute Gasteiger partial charge is 0.301 e. The molecule has 0 bridgehead atoms. The Bertz CT molecular complexity index is 997. The van der Waals surface area contributed by atoms with Gasteiger partial charge in [-0.25, -0.2) is 9.97 Å². The maximum Gasteiger partial charge on any atom is 0.301 e. The Morgan fingerprint density at radius 2 is 2.17 bits per heavy atom. The lowest BCUT2D eigenvalue weighted by Crippen LogP contribution is -2.19. The van der Waals surface area contributed by atoms with Crippen molar-refractivity contribution in [2.24, 2.45) is 0 Å². The van der Waals surface area contributed by atoms with Crippen LogP contribution in [0.5, 0.6) is 6.01 Å². The average Bonchev–Trinajstić information content (AvgIpc) is 3.18. The summed E-state index contributed by atoms with van der Waals surface area (Å²) in [5.74, 6) is 0.626. The largest absolute Gasteiger partial charge is 0.460 e. The average molecular weight is 409 g/mol. The Hall–Kier alpha value is -2.97. The molecule has 1 saturated heterocycles. The van der Waals surface area contributed by atoms with E-state index in [0.717, 1.165) is 30.4 Å². The number of ether oxygens (including phenoxy) is 2. The van der Waals surface area contributed by atoms with Crippen LogP contribution in [0.1, 0.15) is 38.0 Å². The molecule has 0 spiro atoms. The molecule has 1 fully saturated rings. The first kappa shape index (κ1) is 20.3. The molecule has 3 aromatic rings. The summed E-state index contributed by atoms with van der Waals surface area (Å²) in [7, 11) is 0. The zero-order valence-corrected chi connectivity index (χ0v) is 17.1. The molecule has 8 nitrogen and oxygen atoms in total. The van der Waals surface area contributed by atoms with Crippen molar-refractivity contribution in [3.8, 4) is 6.01 Å². The van der Waals surface area contributed by atoms with Crippen molar-refractivity contribution in [1.29, 1.82) is 0 Å². The molecule has 0 aliphatic carbocycles. The van der Waals surface area contributed by atoms with Gasteiger partial charge in [0.1, 0.15) is 19.2 Å². The van der Waals surface area contributed by atoms with Crippen LogP contribution >= 0.6 is 0 Å². The van der Waals surface area contributed by atoms with Crippen LogP contribution in [0.2, 0.25) is 0 Å². The van der Waals surface area contributed by atoms with Crippen molar-refractivity contribution in [3.63, 3.8) is 0 Å². The number of fused-ring (bicyclic) bond motifs is 1. The summed E-state index contributed by atoms with van der Waals surface area (Å²) in [6, 6.07) is 10.5. The number of benzene rings is 1. The van der Waals surface area contributed by atoms with E-state index in [9.17, 15) is 5.11 Å². The van der Waals surface area contributed by atoms with E-state index >= 15 is 0 Å². The molecule has 1 aromatic carbocycles. The van der Waals surface area contributed by atoms with Crippen LogP contribution in [-0.4, -0.2) is 44.4 Å². The maximum atomic E-state index is 9.17. The van der Waals surface area contributed by atoms with Gasteiger partial charge in [-0.15, -0.1) is 0 Å². The number of anilines is 1. The Morgan fingerprint density at radius 3 is 2.93 bits per heavy atom. The van der Waals surface area contributed by atoms with Crippen LogP contribution in [0.25, 0.3) is 11.2 Å². The zero-order valence-electron chi connectivity index (χ0n) is 17.1. The highest BCUT2D eigenvalue weighted by molar-refractivity contribution is 5.84. The molecule has 30 heavy (non-hydrogen) atoms. The minimum Gasteiger partial charge on any atom is -0.460 e. The Labute approximate surface area is 175 Å². The minimum atomic E-state index is -0.159. The lowest BCUT2D eigenvalue weighted by molar-refractivity contribution is -0.0345. The molecule has 1 unspecified atom stereocenters. The van der Waals surface area contributed by atoms with E-state index in [-0.39, 0.29) is 12.8 Å². The number of nitrogens with zero attached hydrogens (tertiary/aromatic N) is 4. The molecule has 1 aliphatic rings. The second-order valence-corrected chi connectivity index (χ2v) is 7.34. The van der Waals surface area contributed by atoms with E-state index in [1.165, 1.54) is 6.33 Å². The van der Waals surface area contributed by atoms with Crippen LogP contribution in [0.15, 0.2) is 48.3 Å². The molecule has 2 aromatic heterocycles. The fourth-order valence-corrected chi connectivity index (χ4v) is 3.42. The zero-order chi connectivity index (χ0) is 20.8. The van der Waals surface area contributed by atoms with Crippen molar-refractivity contribution in [1.82, 2.24) is 19.5 Å². The Morgan fingerprint density at radius 1 is 1.30 bits per heavy atom. The van der Waals surface area contributed by atoms with Gasteiger partial charge in [0.2, 0.25) is 0 Å². The van der Waals surface area contributed by atoms with Crippen molar-refractivity contribution in [2.45, 2.75) is 39.0 Å². The van der Waals surface area contributed by atoms with Crippen LogP contribution in [0.4, 0.5) is 5.82 Å². The summed E-state index contributed by atoms with van der Waals surface area (Å²) < 4.78 is 14.1. The molecule has 1 aliphatic heterocycles. The summed E-state index contributed by atoms with van der Waals surface area (Å²) in [4.78, 5) is 13.6. The molecule has 1 atom stereocenters. The third-order valence-electron chi connectivity index (χ3n) is 5.07. The predicted octanol–water partition coefficient (Wildman–Crippen LogP) is 3.45. The molecular formula is C22H27N5O3. The van der Waals surface area contributed by atoms with Gasteiger partial charge in [0.25, 0.3) is 0 Å². The van der Waals surface area contributed by atoms with E-state index in [0.29, 0.717) is 42.8 Å². The van der Waals surface area contributed by atoms with E-state index in [1.807, 2.05) is 47.9 Å². The van der Waals surface area contributed by atoms with Crippen molar-refractivity contribution in [3.05, 3.63) is 53.9 Å². The minimum absolute atomic E-state index is 0.0337. The topological polar surface area (TPSA) is 94.3 Å². The predicted molar refractivity (Wildman–Crippen MR) is 114 cm³/mol. The number of aromatic nitrogens is 4. The second kappa shape index (κ2) is 9.69. The first-order valence-corrected chi connectivity index (χ1v) is 10.3. The third-order valence-corrected chi connectivity index (χ3v) is 5.07. The van der Waals surface area contributed by atoms with Gasteiger partial charge in [-0.3, -0.25) is 4.57 Å². The molecule has 2 N–H and O–H groups in total. The van der Waals surface area contributed by atoms with Crippen molar-refractivity contribution >= 4 is 17.0 Å². The van der Waals surface area contributed by atoms with Gasteiger partial charge in [-0.1, -0.05) is 42.0 Å². The molecule has 4 rings (SSSR count). The monoisotopic (exact) mass is 409 g/mol. The highest BCUT2D eigenvalue weighted by Gasteiger charge is 2.25. The van der Waals surface area contributed by atoms with Crippen LogP contribution in [0.3, 0.4) is 0 Å². The molecular weight excluding hydrogens is 382 g/mol. The number of hydrogen-bond acceptors (Lipinski definition) is 7. The first-order chi connectivity index (χ1) is 14.8. The quantitative estimate of drug-likeness (QED) is 0.550. The van der Waals surface area contributed by atoms with Crippen LogP contribution in [-0.2, 0) is 11.3 Å². The van der Waals surface area contributed by atoms with Gasteiger partial charge in [0, 0.05) is 13.2 Å².